The molecule has 1 N–H and O–H groups in total. The topological polar surface area (TPSA) is 87.5 Å². The third-order valence-electron chi connectivity index (χ3n) is 5.94. The molecule has 8 nitrogen and oxygen atoms in total. The van der Waals surface area contributed by atoms with Gasteiger partial charge < -0.3 is 19.5 Å². The van der Waals surface area contributed by atoms with Gasteiger partial charge in [0.15, 0.2) is 23.1 Å². The molecule has 1 atom stereocenters. The zero-order valence-electron chi connectivity index (χ0n) is 18.2. The number of hydrogen-bond donors (Lipinski definition) is 1. The molecule has 1 aromatic heterocycles. The number of rotatable bonds is 5. The molecule has 8 heteroatoms. The molecule has 0 spiro atoms. The number of carbonyl (C=O) groups excluding carboxylic acids is 1. The lowest BCUT2D eigenvalue weighted by Gasteiger charge is -2.32. The van der Waals surface area contributed by atoms with Crippen molar-refractivity contribution in [3.63, 3.8) is 0 Å². The largest absolute Gasteiger partial charge is 0.497 e. The van der Waals surface area contributed by atoms with Crippen LogP contribution in [-0.2, 0) is 4.79 Å². The number of anilines is 1. The highest BCUT2D eigenvalue weighted by atomic mass is 16.5. The van der Waals surface area contributed by atoms with Crippen molar-refractivity contribution in [3.8, 4) is 28.6 Å². The third kappa shape index (κ3) is 3.28. The van der Waals surface area contributed by atoms with Crippen molar-refractivity contribution in [3.05, 3.63) is 59.3 Å². The second-order valence-corrected chi connectivity index (χ2v) is 7.74. The second-order valence-electron chi connectivity index (χ2n) is 7.74. The van der Waals surface area contributed by atoms with Crippen LogP contribution in [0.25, 0.3) is 11.4 Å². The SMILES string of the molecule is COc1ccc(-c2nc3n(n2)[C@H](c2ccc(OC)c(OC)c2)C2=C(CCCC2=O)N3)cc1. The summed E-state index contributed by atoms with van der Waals surface area (Å²) in [5, 5.41) is 8.16. The van der Waals surface area contributed by atoms with E-state index in [0.29, 0.717) is 29.7 Å². The normalized spacial score (nSPS) is 17.3. The van der Waals surface area contributed by atoms with E-state index in [1.54, 1.807) is 26.0 Å². The maximum Gasteiger partial charge on any atom is 0.226 e. The van der Waals surface area contributed by atoms with Crippen LogP contribution in [0.4, 0.5) is 5.95 Å². The van der Waals surface area contributed by atoms with E-state index in [1.807, 2.05) is 42.5 Å². The number of nitrogens with zero attached hydrogens (tertiary/aromatic N) is 3. The number of hydrogen-bond acceptors (Lipinski definition) is 7. The lowest BCUT2D eigenvalue weighted by Crippen LogP contribution is -2.31. The van der Waals surface area contributed by atoms with Gasteiger partial charge in [0.1, 0.15) is 11.8 Å². The predicted octanol–water partition coefficient (Wildman–Crippen LogP) is 3.99. The molecule has 0 saturated carbocycles. The number of carbonyl (C=O) groups is 1. The van der Waals surface area contributed by atoms with Crippen molar-refractivity contribution in [2.24, 2.45) is 0 Å². The van der Waals surface area contributed by atoms with Crippen LogP contribution in [0.2, 0.25) is 0 Å². The number of nitrogens with one attached hydrogen (secondary N) is 1. The summed E-state index contributed by atoms with van der Waals surface area (Å²) in [6, 6.07) is 12.9. The van der Waals surface area contributed by atoms with E-state index in [-0.39, 0.29) is 5.78 Å². The molecule has 1 aliphatic heterocycles. The Balaban J connectivity index is 1.65. The zero-order valence-corrected chi connectivity index (χ0v) is 18.2. The van der Waals surface area contributed by atoms with Crippen molar-refractivity contribution in [1.29, 1.82) is 0 Å². The number of aromatic nitrogens is 3. The van der Waals surface area contributed by atoms with Gasteiger partial charge in [-0.1, -0.05) is 6.07 Å². The van der Waals surface area contributed by atoms with Gasteiger partial charge in [0.05, 0.1) is 21.3 Å². The average molecular weight is 432 g/mol. The van der Waals surface area contributed by atoms with Crippen molar-refractivity contribution in [2.75, 3.05) is 26.6 Å². The molecule has 2 aromatic carbocycles. The molecule has 0 unspecified atom stereocenters. The summed E-state index contributed by atoms with van der Waals surface area (Å²) in [5.41, 5.74) is 3.41. The number of fused-ring (bicyclic) bond motifs is 1. The van der Waals surface area contributed by atoms with E-state index in [4.69, 9.17) is 24.3 Å². The maximum atomic E-state index is 13.0. The molecular weight excluding hydrogens is 408 g/mol. The predicted molar refractivity (Wildman–Crippen MR) is 119 cm³/mol. The first-order valence-electron chi connectivity index (χ1n) is 10.5. The number of benzene rings is 2. The minimum absolute atomic E-state index is 0.130. The van der Waals surface area contributed by atoms with Gasteiger partial charge >= 0.3 is 0 Å². The Labute approximate surface area is 185 Å². The summed E-state index contributed by atoms with van der Waals surface area (Å²) < 4.78 is 18.0. The first kappa shape index (κ1) is 20.1. The highest BCUT2D eigenvalue weighted by Gasteiger charge is 2.37. The standard InChI is InChI=1S/C24H24N4O4/c1-30-16-10-7-14(8-11-16)23-26-24-25-17-5-4-6-18(29)21(17)22(28(24)27-23)15-9-12-19(31-2)20(13-15)32-3/h7-13,22H,4-6H2,1-3H3,(H,25,26,27)/t22-/m1/s1. The van der Waals surface area contributed by atoms with Gasteiger partial charge in [0.25, 0.3) is 0 Å². The first-order chi connectivity index (χ1) is 15.6. The Morgan fingerprint density at radius 2 is 1.75 bits per heavy atom. The zero-order chi connectivity index (χ0) is 22.2. The third-order valence-corrected chi connectivity index (χ3v) is 5.94. The van der Waals surface area contributed by atoms with Crippen molar-refractivity contribution in [2.45, 2.75) is 25.3 Å². The first-order valence-corrected chi connectivity index (χ1v) is 10.5. The van der Waals surface area contributed by atoms with Crippen LogP contribution in [0.15, 0.2) is 53.7 Å². The molecule has 0 amide bonds. The molecule has 3 aromatic rings. The summed E-state index contributed by atoms with van der Waals surface area (Å²) in [6.07, 6.45) is 2.15. The summed E-state index contributed by atoms with van der Waals surface area (Å²) in [6.45, 7) is 0. The quantitative estimate of drug-likeness (QED) is 0.652. The Morgan fingerprint density at radius 1 is 0.969 bits per heavy atom. The second kappa shape index (κ2) is 8.03. The lowest BCUT2D eigenvalue weighted by molar-refractivity contribution is -0.116. The molecule has 0 radical (unpaired) electrons. The van der Waals surface area contributed by atoms with Crippen LogP contribution in [0.1, 0.15) is 30.9 Å². The van der Waals surface area contributed by atoms with Gasteiger partial charge in [-0.3, -0.25) is 4.79 Å². The van der Waals surface area contributed by atoms with E-state index in [1.165, 1.54) is 0 Å². The number of Topliss-reactive ketones (excluding diaryl/α,β-unsaturated/α-hetero) is 1. The Bertz CT molecular complexity index is 1210. The lowest BCUT2D eigenvalue weighted by atomic mass is 9.85. The molecule has 32 heavy (non-hydrogen) atoms. The highest BCUT2D eigenvalue weighted by molar-refractivity contribution is 5.99. The number of ether oxygens (including phenoxy) is 3. The Morgan fingerprint density at radius 3 is 2.47 bits per heavy atom. The maximum absolute atomic E-state index is 13.0. The summed E-state index contributed by atoms with van der Waals surface area (Å²) in [5.74, 6) is 3.32. The van der Waals surface area contributed by atoms with Crippen molar-refractivity contribution in [1.82, 2.24) is 14.8 Å². The van der Waals surface area contributed by atoms with E-state index in [2.05, 4.69) is 5.32 Å². The monoisotopic (exact) mass is 432 g/mol. The molecule has 2 heterocycles. The Kier molecular flexibility index (Phi) is 5.05. The van der Waals surface area contributed by atoms with Crippen molar-refractivity contribution >= 4 is 11.7 Å². The molecule has 0 bridgehead atoms. The number of methoxy groups -OCH3 is 3. The van der Waals surface area contributed by atoms with Gasteiger partial charge in [0.2, 0.25) is 5.95 Å². The molecule has 1 aliphatic carbocycles. The average Bonchev–Trinajstić information content (AvgIpc) is 3.26. The fourth-order valence-corrected chi connectivity index (χ4v) is 4.35. The Hall–Kier alpha value is -3.81. The van der Waals surface area contributed by atoms with Crippen LogP contribution in [0.5, 0.6) is 17.2 Å². The van der Waals surface area contributed by atoms with Crippen LogP contribution in [-0.4, -0.2) is 41.9 Å². The van der Waals surface area contributed by atoms with Gasteiger partial charge in [-0.05, 0) is 54.8 Å². The van der Waals surface area contributed by atoms with Gasteiger partial charge in [0, 0.05) is 23.3 Å². The molecule has 164 valence electrons. The summed E-state index contributed by atoms with van der Waals surface area (Å²) >= 11 is 0. The van der Waals surface area contributed by atoms with Crippen LogP contribution < -0.4 is 19.5 Å². The fraction of sp³-hybridized carbons (Fsp3) is 0.292. The van der Waals surface area contributed by atoms with Gasteiger partial charge in [-0.15, -0.1) is 5.10 Å². The van der Waals surface area contributed by atoms with Crippen LogP contribution in [0.3, 0.4) is 0 Å². The van der Waals surface area contributed by atoms with Crippen LogP contribution >= 0.6 is 0 Å². The molecule has 2 aliphatic rings. The van der Waals surface area contributed by atoms with E-state index in [9.17, 15) is 4.79 Å². The number of allylic oxidation sites excluding steroid dienone is 2. The highest BCUT2D eigenvalue weighted by Crippen LogP contribution is 2.42. The van der Waals surface area contributed by atoms with Crippen LogP contribution in [0, 0.1) is 0 Å². The summed E-state index contributed by atoms with van der Waals surface area (Å²) in [7, 11) is 4.83. The number of ketones is 1. The van der Waals surface area contributed by atoms with E-state index >= 15 is 0 Å². The fourth-order valence-electron chi connectivity index (χ4n) is 4.35. The van der Waals surface area contributed by atoms with Gasteiger partial charge in [-0.25, -0.2) is 4.68 Å². The molecule has 0 saturated heterocycles. The molecule has 5 rings (SSSR count). The molecular formula is C24H24N4O4. The minimum Gasteiger partial charge on any atom is -0.497 e. The van der Waals surface area contributed by atoms with Gasteiger partial charge in [-0.2, -0.15) is 4.98 Å². The smallest absolute Gasteiger partial charge is 0.226 e. The minimum atomic E-state index is -0.395. The van der Waals surface area contributed by atoms with E-state index in [0.717, 1.165) is 41.0 Å². The van der Waals surface area contributed by atoms with Crippen molar-refractivity contribution < 1.29 is 19.0 Å². The summed E-state index contributed by atoms with van der Waals surface area (Å²) in [4.78, 5) is 17.8. The van der Waals surface area contributed by atoms with E-state index < -0.39 is 6.04 Å². The molecule has 0 fully saturated rings.